The number of ether oxygens (including phenoxy) is 1. The molecule has 11 heteroatoms. The number of nitrogens with one attached hydrogen (secondary N) is 1. The van der Waals surface area contributed by atoms with Crippen LogP contribution in [0.4, 0.5) is 5.69 Å². The molecule has 2 aromatic heterocycles. The summed E-state index contributed by atoms with van der Waals surface area (Å²) in [5.41, 5.74) is 3.23. The molecule has 0 unspecified atom stereocenters. The lowest BCUT2D eigenvalue weighted by Crippen LogP contribution is -2.48. The van der Waals surface area contributed by atoms with Crippen molar-refractivity contribution in [1.29, 1.82) is 0 Å². The van der Waals surface area contributed by atoms with Gasteiger partial charge in [0, 0.05) is 36.6 Å². The summed E-state index contributed by atoms with van der Waals surface area (Å²) in [6.07, 6.45) is 1.90. The Kier molecular flexibility index (Phi) is 6.46. The van der Waals surface area contributed by atoms with Gasteiger partial charge in [0.2, 0.25) is 15.9 Å². The van der Waals surface area contributed by atoms with Gasteiger partial charge in [-0.3, -0.25) is 4.79 Å². The monoisotopic (exact) mass is 472 g/mol. The summed E-state index contributed by atoms with van der Waals surface area (Å²) < 4.78 is 34.7. The zero-order valence-corrected chi connectivity index (χ0v) is 20.0. The van der Waals surface area contributed by atoms with E-state index < -0.39 is 10.0 Å². The van der Waals surface area contributed by atoms with E-state index in [2.05, 4.69) is 20.4 Å². The van der Waals surface area contributed by atoms with Crippen molar-refractivity contribution >= 4 is 27.4 Å². The first-order chi connectivity index (χ1) is 15.6. The predicted molar refractivity (Wildman–Crippen MR) is 122 cm³/mol. The zero-order chi connectivity index (χ0) is 23.8. The number of hydrogen-bond acceptors (Lipinski definition) is 7. The third-order valence-corrected chi connectivity index (χ3v) is 7.60. The molecule has 1 aromatic carbocycles. The van der Waals surface area contributed by atoms with Crippen molar-refractivity contribution in [3.05, 3.63) is 47.5 Å². The van der Waals surface area contributed by atoms with Crippen molar-refractivity contribution in [1.82, 2.24) is 23.9 Å². The zero-order valence-electron chi connectivity index (χ0n) is 19.1. The number of hydrogen-bond donors (Lipinski definition) is 1. The van der Waals surface area contributed by atoms with Gasteiger partial charge >= 0.3 is 0 Å². The molecule has 176 valence electrons. The van der Waals surface area contributed by atoms with Crippen LogP contribution in [0.1, 0.15) is 37.2 Å². The summed E-state index contributed by atoms with van der Waals surface area (Å²) >= 11 is 0. The first kappa shape index (κ1) is 23.3. The Hall–Kier alpha value is -2.89. The summed E-state index contributed by atoms with van der Waals surface area (Å²) in [7, 11) is -3.62. The van der Waals surface area contributed by atoms with Gasteiger partial charge < -0.3 is 10.1 Å². The second kappa shape index (κ2) is 9.16. The largest absolute Gasteiger partial charge is 0.373 e. The SMILES string of the molecule is Cc1nc2ncnn2c(C)c1CCC(=O)Nc1ccc(S(=O)(=O)N2C[C@H](C)O[C@@H](C)C2)cc1. The molecular weight excluding hydrogens is 444 g/mol. The molecule has 1 amide bonds. The van der Waals surface area contributed by atoms with E-state index in [-0.39, 0.29) is 29.4 Å². The maximum absolute atomic E-state index is 13.0. The first-order valence-corrected chi connectivity index (χ1v) is 12.3. The second-order valence-corrected chi connectivity index (χ2v) is 10.3. The van der Waals surface area contributed by atoms with E-state index in [1.807, 2.05) is 27.7 Å². The molecule has 0 bridgehead atoms. The number of rotatable bonds is 6. The predicted octanol–water partition coefficient (Wildman–Crippen LogP) is 2.11. The molecule has 1 N–H and O–H groups in total. The van der Waals surface area contributed by atoms with E-state index in [4.69, 9.17) is 4.74 Å². The molecule has 3 aromatic rings. The minimum Gasteiger partial charge on any atom is -0.373 e. The fourth-order valence-corrected chi connectivity index (χ4v) is 5.76. The number of fused-ring (bicyclic) bond motifs is 1. The van der Waals surface area contributed by atoms with E-state index in [1.54, 1.807) is 16.6 Å². The fourth-order valence-electron chi connectivity index (χ4n) is 4.17. The molecule has 1 aliphatic heterocycles. The lowest BCUT2D eigenvalue weighted by molar-refractivity contribution is -0.116. The maximum Gasteiger partial charge on any atom is 0.252 e. The molecule has 4 rings (SSSR count). The lowest BCUT2D eigenvalue weighted by atomic mass is 10.1. The molecular formula is C22H28N6O4S. The fraction of sp³-hybridized carbons (Fsp3) is 0.455. The van der Waals surface area contributed by atoms with E-state index in [9.17, 15) is 13.2 Å². The van der Waals surface area contributed by atoms with Gasteiger partial charge in [-0.05, 0) is 63.9 Å². The summed E-state index contributed by atoms with van der Waals surface area (Å²) in [4.78, 5) is 21.2. The van der Waals surface area contributed by atoms with Gasteiger partial charge in [-0.1, -0.05) is 0 Å². The molecule has 0 spiro atoms. The molecule has 33 heavy (non-hydrogen) atoms. The number of carbonyl (C=O) groups is 1. The van der Waals surface area contributed by atoms with Crippen LogP contribution >= 0.6 is 0 Å². The van der Waals surface area contributed by atoms with Crippen LogP contribution in [-0.2, 0) is 26.0 Å². The highest BCUT2D eigenvalue weighted by Gasteiger charge is 2.32. The van der Waals surface area contributed by atoms with Crippen molar-refractivity contribution < 1.29 is 17.9 Å². The van der Waals surface area contributed by atoms with Gasteiger partial charge in [0.05, 0.1) is 17.1 Å². The number of amides is 1. The lowest BCUT2D eigenvalue weighted by Gasteiger charge is -2.34. The minimum atomic E-state index is -3.62. The van der Waals surface area contributed by atoms with Crippen molar-refractivity contribution in [3.63, 3.8) is 0 Å². The van der Waals surface area contributed by atoms with Crippen molar-refractivity contribution in [2.75, 3.05) is 18.4 Å². The highest BCUT2D eigenvalue weighted by atomic mass is 32.2. The van der Waals surface area contributed by atoms with Crippen LogP contribution in [0.5, 0.6) is 0 Å². The number of carbonyl (C=O) groups excluding carboxylic acids is 1. The standard InChI is InChI=1S/C22H28N6O4S/c1-14-11-27(12-15(2)32-14)33(30,31)19-7-5-18(6-8-19)26-21(29)10-9-20-16(3)25-22-23-13-24-28(22)17(20)4/h5-8,13-15H,9-12H2,1-4H3,(H,26,29)/t14-,15-/m0/s1. The Morgan fingerprint density at radius 2 is 1.82 bits per heavy atom. The molecule has 0 aliphatic carbocycles. The molecule has 1 saturated heterocycles. The summed E-state index contributed by atoms with van der Waals surface area (Å²) in [5.74, 6) is 0.369. The summed E-state index contributed by atoms with van der Waals surface area (Å²) in [5, 5.41) is 7.00. The number of benzene rings is 1. The quantitative estimate of drug-likeness (QED) is 0.584. The normalized spacial score (nSPS) is 19.6. The van der Waals surface area contributed by atoms with Crippen molar-refractivity contribution in [2.45, 2.75) is 57.6 Å². The number of sulfonamides is 1. The Bertz CT molecular complexity index is 1260. The smallest absolute Gasteiger partial charge is 0.252 e. The highest BCUT2D eigenvalue weighted by molar-refractivity contribution is 7.89. The molecule has 1 fully saturated rings. The average molecular weight is 473 g/mol. The first-order valence-electron chi connectivity index (χ1n) is 10.9. The number of aryl methyl sites for hydroxylation is 2. The van der Waals surface area contributed by atoms with Crippen LogP contribution in [0.2, 0.25) is 0 Å². The van der Waals surface area contributed by atoms with E-state index in [0.717, 1.165) is 17.0 Å². The molecule has 3 heterocycles. The second-order valence-electron chi connectivity index (χ2n) is 8.38. The van der Waals surface area contributed by atoms with Crippen LogP contribution < -0.4 is 5.32 Å². The molecule has 10 nitrogen and oxygen atoms in total. The summed E-state index contributed by atoms with van der Waals surface area (Å²) in [6, 6.07) is 6.26. The maximum atomic E-state index is 13.0. The summed E-state index contributed by atoms with van der Waals surface area (Å²) in [6.45, 7) is 8.18. The van der Waals surface area contributed by atoms with Gasteiger partial charge in [0.1, 0.15) is 6.33 Å². The number of anilines is 1. The molecule has 0 saturated carbocycles. The highest BCUT2D eigenvalue weighted by Crippen LogP contribution is 2.23. The van der Waals surface area contributed by atoms with E-state index in [0.29, 0.717) is 31.0 Å². The topological polar surface area (TPSA) is 119 Å². The van der Waals surface area contributed by atoms with Gasteiger partial charge in [-0.15, -0.1) is 0 Å². The van der Waals surface area contributed by atoms with Gasteiger partial charge in [-0.2, -0.15) is 14.4 Å². The Morgan fingerprint density at radius 3 is 2.48 bits per heavy atom. The van der Waals surface area contributed by atoms with E-state index in [1.165, 1.54) is 22.8 Å². The molecule has 2 atom stereocenters. The van der Waals surface area contributed by atoms with E-state index >= 15 is 0 Å². The number of nitrogens with zero attached hydrogens (tertiary/aromatic N) is 5. The average Bonchev–Trinajstić information content (AvgIpc) is 3.22. The van der Waals surface area contributed by atoms with Crippen molar-refractivity contribution in [3.8, 4) is 0 Å². The van der Waals surface area contributed by atoms with Gasteiger partial charge in [0.25, 0.3) is 5.78 Å². The Labute approximate surface area is 193 Å². The molecule has 1 aliphatic rings. The number of aromatic nitrogens is 4. The van der Waals surface area contributed by atoms with Crippen LogP contribution in [0.25, 0.3) is 5.78 Å². The number of morpholine rings is 1. The van der Waals surface area contributed by atoms with Gasteiger partial charge in [-0.25, -0.2) is 17.9 Å². The van der Waals surface area contributed by atoms with Crippen LogP contribution in [0.3, 0.4) is 0 Å². The third-order valence-electron chi connectivity index (χ3n) is 5.75. The van der Waals surface area contributed by atoms with Crippen molar-refractivity contribution in [2.24, 2.45) is 0 Å². The molecule has 0 radical (unpaired) electrons. The third kappa shape index (κ3) is 4.90. The Balaban J connectivity index is 1.39. The van der Waals surface area contributed by atoms with Crippen LogP contribution in [0, 0.1) is 13.8 Å². The minimum absolute atomic E-state index is 0.158. The van der Waals surface area contributed by atoms with Gasteiger partial charge in [0.15, 0.2) is 0 Å². The van der Waals surface area contributed by atoms with Crippen LogP contribution in [0.15, 0.2) is 35.5 Å². The Morgan fingerprint density at radius 1 is 1.15 bits per heavy atom. The van der Waals surface area contributed by atoms with Crippen LogP contribution in [-0.4, -0.2) is 63.5 Å².